The number of amides is 1. The number of anilines is 1. The number of carbonyl (C=O) groups excluding carboxylic acids is 1. The Hall–Kier alpha value is -2.26. The molecule has 1 N–H and O–H groups in total. The maximum atomic E-state index is 12.9. The smallest absolute Gasteiger partial charge is 0.278 e. The van der Waals surface area contributed by atoms with Crippen LogP contribution in [-0.2, 0) is 14.6 Å². The van der Waals surface area contributed by atoms with Crippen molar-refractivity contribution in [1.29, 1.82) is 0 Å². The molecule has 2 aromatic rings. The molecule has 2 aliphatic rings. The summed E-state index contributed by atoms with van der Waals surface area (Å²) < 4.78 is 24.8. The number of benzene rings is 1. The molecule has 1 saturated heterocycles. The first kappa shape index (κ1) is 19.1. The van der Waals surface area contributed by atoms with Crippen LogP contribution in [0, 0.1) is 6.92 Å². The highest BCUT2D eigenvalue weighted by Crippen LogP contribution is 2.33. The second kappa shape index (κ2) is 7.63. The number of rotatable bonds is 6. The van der Waals surface area contributed by atoms with Gasteiger partial charge in [0.05, 0.1) is 10.1 Å². The first-order valence-corrected chi connectivity index (χ1v) is 11.7. The van der Waals surface area contributed by atoms with E-state index in [0.29, 0.717) is 15.6 Å². The van der Waals surface area contributed by atoms with Crippen molar-refractivity contribution in [2.45, 2.75) is 42.8 Å². The highest BCUT2D eigenvalue weighted by atomic mass is 32.2. The van der Waals surface area contributed by atoms with Gasteiger partial charge in [0, 0.05) is 29.7 Å². The molecule has 0 spiro atoms. The lowest BCUT2D eigenvalue weighted by Crippen LogP contribution is -2.27. The quantitative estimate of drug-likeness (QED) is 0.729. The van der Waals surface area contributed by atoms with Gasteiger partial charge in [0.2, 0.25) is 0 Å². The summed E-state index contributed by atoms with van der Waals surface area (Å²) in [5, 5.41) is 9.50. The van der Waals surface area contributed by atoms with Crippen molar-refractivity contribution >= 4 is 37.9 Å². The molecule has 0 bridgehead atoms. The molecule has 1 aromatic carbocycles. The van der Waals surface area contributed by atoms with Gasteiger partial charge >= 0.3 is 0 Å². The molecule has 1 saturated carbocycles. The lowest BCUT2D eigenvalue weighted by molar-refractivity contribution is -0.110. The van der Waals surface area contributed by atoms with Crippen LogP contribution in [-0.4, -0.2) is 48.4 Å². The summed E-state index contributed by atoms with van der Waals surface area (Å²) in [6, 6.07) is 6.47. The zero-order chi connectivity index (χ0) is 19.7. The van der Waals surface area contributed by atoms with Gasteiger partial charge in [-0.05, 0) is 44.7 Å². The van der Waals surface area contributed by atoms with Crippen molar-refractivity contribution in [1.82, 2.24) is 9.99 Å². The van der Waals surface area contributed by atoms with Crippen molar-refractivity contribution in [3.05, 3.63) is 40.9 Å². The number of nitrogens with one attached hydrogen (secondary N) is 1. The van der Waals surface area contributed by atoms with Crippen LogP contribution < -0.4 is 5.32 Å². The lowest BCUT2D eigenvalue weighted by atomic mass is 10.1. The number of aryl methyl sites for hydroxylation is 1. The monoisotopic (exact) mass is 418 g/mol. The summed E-state index contributed by atoms with van der Waals surface area (Å²) >= 11 is 1.40. The first-order valence-electron chi connectivity index (χ1n) is 9.35. The second-order valence-electron chi connectivity index (χ2n) is 7.11. The van der Waals surface area contributed by atoms with Gasteiger partial charge in [-0.25, -0.2) is 13.4 Å². The van der Waals surface area contributed by atoms with Gasteiger partial charge in [-0.2, -0.15) is 5.10 Å². The molecule has 1 aliphatic heterocycles. The summed E-state index contributed by atoms with van der Waals surface area (Å²) in [5.41, 5.74) is 0.859. The minimum Gasteiger partial charge on any atom is -0.296 e. The highest BCUT2D eigenvalue weighted by Gasteiger charge is 2.36. The minimum absolute atomic E-state index is 0.257. The number of hydrogen-bond donors (Lipinski definition) is 1. The Morgan fingerprint density at radius 2 is 1.89 bits per heavy atom. The molecule has 1 amide bonds. The number of hydrazone groups is 1. The van der Waals surface area contributed by atoms with E-state index in [1.165, 1.54) is 11.3 Å². The van der Waals surface area contributed by atoms with Crippen LogP contribution in [0.15, 0.2) is 40.5 Å². The van der Waals surface area contributed by atoms with E-state index in [9.17, 15) is 13.2 Å². The maximum absolute atomic E-state index is 12.9. The largest absolute Gasteiger partial charge is 0.296 e. The minimum atomic E-state index is -3.26. The van der Waals surface area contributed by atoms with E-state index in [1.807, 2.05) is 11.9 Å². The average Bonchev–Trinajstić information content (AvgIpc) is 3.29. The van der Waals surface area contributed by atoms with E-state index in [2.05, 4.69) is 15.4 Å². The third-order valence-corrected chi connectivity index (χ3v) is 7.91. The molecule has 2 fully saturated rings. The van der Waals surface area contributed by atoms with Gasteiger partial charge in [-0.15, -0.1) is 11.3 Å². The molecule has 4 rings (SSSR count). The van der Waals surface area contributed by atoms with Gasteiger partial charge in [0.15, 0.2) is 20.7 Å². The molecular weight excluding hydrogens is 396 g/mol. The fraction of sp³-hybridized carbons (Fsp3) is 0.421. The number of sulfone groups is 1. The molecule has 1 aromatic heterocycles. The number of aromatic nitrogens is 1. The molecular formula is C19H22N4O3S2. The van der Waals surface area contributed by atoms with Gasteiger partial charge in [0.1, 0.15) is 0 Å². The normalized spacial score (nSPS) is 17.8. The topological polar surface area (TPSA) is 91.7 Å². The molecule has 2 heterocycles. The fourth-order valence-corrected chi connectivity index (χ4v) is 5.43. The molecule has 1 aliphatic carbocycles. The summed E-state index contributed by atoms with van der Waals surface area (Å²) in [7, 11) is -3.26. The molecule has 7 nitrogen and oxygen atoms in total. The zero-order valence-corrected chi connectivity index (χ0v) is 17.2. The van der Waals surface area contributed by atoms with Crippen LogP contribution in [0.5, 0.6) is 0 Å². The second-order valence-corrected chi connectivity index (χ2v) is 10.6. The van der Waals surface area contributed by atoms with Crippen LogP contribution in [0.2, 0.25) is 0 Å². The SMILES string of the molecule is Cc1cnc(NC(=O)/C(=N/N2CCCC2)c2ccc(S(=O)(=O)C3CC3)cc2)s1. The molecule has 0 radical (unpaired) electrons. The Morgan fingerprint density at radius 1 is 1.21 bits per heavy atom. The average molecular weight is 419 g/mol. The van der Waals surface area contributed by atoms with Crippen LogP contribution in [0.3, 0.4) is 0 Å². The number of hydrogen-bond acceptors (Lipinski definition) is 7. The summed E-state index contributed by atoms with van der Waals surface area (Å²) in [4.78, 5) is 18.4. The van der Waals surface area contributed by atoms with Crippen molar-refractivity contribution in [3.8, 4) is 0 Å². The van der Waals surface area contributed by atoms with Gasteiger partial charge in [0.25, 0.3) is 5.91 Å². The third kappa shape index (κ3) is 4.10. The summed E-state index contributed by atoms with van der Waals surface area (Å²) in [5.74, 6) is -0.348. The van der Waals surface area contributed by atoms with Crippen molar-refractivity contribution in [3.63, 3.8) is 0 Å². The first-order chi connectivity index (χ1) is 13.4. The van der Waals surface area contributed by atoms with Crippen LogP contribution >= 0.6 is 11.3 Å². The Balaban J connectivity index is 1.62. The van der Waals surface area contributed by atoms with E-state index in [0.717, 1.165) is 43.6 Å². The predicted octanol–water partition coefficient (Wildman–Crippen LogP) is 2.83. The Labute approximate surface area is 168 Å². The molecule has 0 unspecified atom stereocenters. The van der Waals surface area contributed by atoms with Gasteiger partial charge < -0.3 is 0 Å². The Kier molecular flexibility index (Phi) is 5.20. The molecule has 28 heavy (non-hydrogen) atoms. The fourth-order valence-electron chi connectivity index (χ4n) is 3.12. The highest BCUT2D eigenvalue weighted by molar-refractivity contribution is 7.92. The third-order valence-electron chi connectivity index (χ3n) is 4.80. The number of carbonyl (C=O) groups is 1. The Bertz CT molecular complexity index is 1000. The zero-order valence-electron chi connectivity index (χ0n) is 15.6. The van der Waals surface area contributed by atoms with Crippen molar-refractivity contribution in [2.75, 3.05) is 18.4 Å². The van der Waals surface area contributed by atoms with Crippen molar-refractivity contribution in [2.24, 2.45) is 5.10 Å². The summed E-state index contributed by atoms with van der Waals surface area (Å²) in [6.45, 7) is 3.54. The number of thiazole rings is 1. The lowest BCUT2D eigenvalue weighted by Gasteiger charge is -2.14. The van der Waals surface area contributed by atoms with E-state index >= 15 is 0 Å². The van der Waals surface area contributed by atoms with E-state index in [-0.39, 0.29) is 16.9 Å². The molecule has 148 valence electrons. The van der Waals surface area contributed by atoms with E-state index in [4.69, 9.17) is 0 Å². The van der Waals surface area contributed by atoms with Crippen LogP contribution in [0.1, 0.15) is 36.1 Å². The summed E-state index contributed by atoms with van der Waals surface area (Å²) in [6.07, 6.45) is 5.24. The standard InChI is InChI=1S/C19H22N4O3S2/c1-13-12-20-19(27-13)21-18(24)17(22-23-10-2-3-11-23)14-4-6-15(7-5-14)28(25,26)16-8-9-16/h4-7,12,16H,2-3,8-11H2,1H3,(H,20,21,24)/b22-17+. The van der Waals surface area contributed by atoms with Crippen LogP contribution in [0.4, 0.5) is 5.13 Å². The maximum Gasteiger partial charge on any atom is 0.278 e. The van der Waals surface area contributed by atoms with Gasteiger partial charge in [-0.3, -0.25) is 15.1 Å². The van der Waals surface area contributed by atoms with Crippen LogP contribution in [0.25, 0.3) is 0 Å². The number of nitrogens with zero attached hydrogens (tertiary/aromatic N) is 3. The van der Waals surface area contributed by atoms with Crippen molar-refractivity contribution < 1.29 is 13.2 Å². The molecule has 0 atom stereocenters. The van der Waals surface area contributed by atoms with Gasteiger partial charge in [-0.1, -0.05) is 12.1 Å². The predicted molar refractivity (Wildman–Crippen MR) is 109 cm³/mol. The Morgan fingerprint density at radius 3 is 2.46 bits per heavy atom. The van der Waals surface area contributed by atoms with E-state index < -0.39 is 9.84 Å². The molecule has 9 heteroatoms. The van der Waals surface area contributed by atoms with E-state index in [1.54, 1.807) is 30.5 Å².